The van der Waals surface area contributed by atoms with Crippen LogP contribution in [0.3, 0.4) is 0 Å². The highest BCUT2D eigenvalue weighted by atomic mass is 32.2. The van der Waals surface area contributed by atoms with Gasteiger partial charge in [0.1, 0.15) is 5.82 Å². The molecule has 0 saturated carbocycles. The van der Waals surface area contributed by atoms with Crippen LogP contribution in [-0.4, -0.2) is 48.7 Å². The van der Waals surface area contributed by atoms with E-state index >= 15 is 0 Å². The third-order valence-electron chi connectivity index (χ3n) is 4.60. The van der Waals surface area contributed by atoms with Gasteiger partial charge < -0.3 is 4.90 Å². The summed E-state index contributed by atoms with van der Waals surface area (Å²) in [6.07, 6.45) is 4.84. The monoisotopic (exact) mass is 360 g/mol. The predicted molar refractivity (Wildman–Crippen MR) is 96.2 cm³/mol. The topological polar surface area (TPSA) is 76.8 Å². The van der Waals surface area contributed by atoms with Crippen LogP contribution in [0.5, 0.6) is 0 Å². The minimum Gasteiger partial charge on any atom is -0.356 e. The fourth-order valence-corrected chi connectivity index (χ4v) is 3.76. The molecular formula is C17H20N4O3S. The molecule has 25 heavy (non-hydrogen) atoms. The molecule has 1 aromatic carbocycles. The van der Waals surface area contributed by atoms with Gasteiger partial charge in [0.05, 0.1) is 23.9 Å². The third kappa shape index (κ3) is 3.45. The Bertz CT molecular complexity index is 1020. The van der Waals surface area contributed by atoms with E-state index in [1.54, 1.807) is 0 Å². The zero-order chi connectivity index (χ0) is 17.4. The number of anilines is 1. The molecule has 0 amide bonds. The SMILES string of the molecule is CS(=O)(=O)OCCC1CCN(c2ccn3c(n2)nc2ccccc23)C1. The fourth-order valence-electron chi connectivity index (χ4n) is 3.36. The van der Waals surface area contributed by atoms with Gasteiger partial charge in [0.15, 0.2) is 0 Å². The summed E-state index contributed by atoms with van der Waals surface area (Å²) < 4.78 is 28.9. The molecule has 0 bridgehead atoms. The summed E-state index contributed by atoms with van der Waals surface area (Å²) in [7, 11) is -3.36. The van der Waals surface area contributed by atoms with Crippen LogP contribution in [-0.2, 0) is 14.3 Å². The van der Waals surface area contributed by atoms with Gasteiger partial charge in [0.25, 0.3) is 10.1 Å². The number of rotatable bonds is 5. The van der Waals surface area contributed by atoms with Crippen molar-refractivity contribution >= 4 is 32.7 Å². The van der Waals surface area contributed by atoms with Crippen molar-refractivity contribution in [2.24, 2.45) is 5.92 Å². The van der Waals surface area contributed by atoms with Crippen LogP contribution in [0.25, 0.3) is 16.8 Å². The van der Waals surface area contributed by atoms with Gasteiger partial charge in [-0.25, -0.2) is 4.98 Å². The van der Waals surface area contributed by atoms with E-state index in [4.69, 9.17) is 9.17 Å². The first-order valence-corrected chi connectivity index (χ1v) is 10.1. The fraction of sp³-hybridized carbons (Fsp3) is 0.412. The number of imidazole rings is 1. The van der Waals surface area contributed by atoms with Crippen molar-refractivity contribution in [2.45, 2.75) is 12.8 Å². The smallest absolute Gasteiger partial charge is 0.264 e. The van der Waals surface area contributed by atoms with Gasteiger partial charge in [0.2, 0.25) is 5.78 Å². The number of nitrogens with zero attached hydrogens (tertiary/aromatic N) is 4. The molecule has 2 aromatic heterocycles. The van der Waals surface area contributed by atoms with Crippen LogP contribution in [0.15, 0.2) is 36.5 Å². The molecule has 0 spiro atoms. The van der Waals surface area contributed by atoms with Gasteiger partial charge >= 0.3 is 0 Å². The number of aromatic nitrogens is 3. The molecule has 8 heteroatoms. The lowest BCUT2D eigenvalue weighted by atomic mass is 10.1. The highest BCUT2D eigenvalue weighted by Gasteiger charge is 2.24. The molecule has 1 unspecified atom stereocenters. The van der Waals surface area contributed by atoms with Crippen LogP contribution in [0.4, 0.5) is 5.82 Å². The maximum atomic E-state index is 11.0. The zero-order valence-electron chi connectivity index (χ0n) is 14.0. The number of fused-ring (bicyclic) bond motifs is 3. The van der Waals surface area contributed by atoms with Crippen molar-refractivity contribution in [2.75, 3.05) is 30.9 Å². The van der Waals surface area contributed by atoms with E-state index in [2.05, 4.69) is 9.88 Å². The van der Waals surface area contributed by atoms with E-state index in [1.165, 1.54) is 0 Å². The quantitative estimate of drug-likeness (QED) is 0.649. The Morgan fingerprint density at radius 1 is 1.24 bits per heavy atom. The third-order valence-corrected chi connectivity index (χ3v) is 5.19. The second-order valence-electron chi connectivity index (χ2n) is 6.47. The molecule has 0 N–H and O–H groups in total. The van der Waals surface area contributed by atoms with E-state index in [9.17, 15) is 8.42 Å². The van der Waals surface area contributed by atoms with Gasteiger partial charge in [-0.05, 0) is 37.0 Å². The second-order valence-corrected chi connectivity index (χ2v) is 8.12. The Kier molecular flexibility index (Phi) is 4.09. The Hall–Kier alpha value is -2.19. The molecular weight excluding hydrogens is 340 g/mol. The van der Waals surface area contributed by atoms with Gasteiger partial charge in [-0.1, -0.05) is 12.1 Å². The summed E-state index contributed by atoms with van der Waals surface area (Å²) in [5.41, 5.74) is 1.98. The first-order valence-electron chi connectivity index (χ1n) is 8.33. The van der Waals surface area contributed by atoms with Gasteiger partial charge in [-0.15, -0.1) is 0 Å². The summed E-state index contributed by atoms with van der Waals surface area (Å²) >= 11 is 0. The van der Waals surface area contributed by atoms with Crippen LogP contribution in [0.1, 0.15) is 12.8 Å². The highest BCUT2D eigenvalue weighted by molar-refractivity contribution is 7.85. The highest BCUT2D eigenvalue weighted by Crippen LogP contribution is 2.25. The van der Waals surface area contributed by atoms with Crippen molar-refractivity contribution in [3.8, 4) is 0 Å². The standard InChI is InChI=1S/C17H20N4O3S/c1-25(22,23)24-11-8-13-6-9-20(12-13)16-7-10-21-15-5-3-2-4-14(15)18-17(21)19-16/h2-5,7,10,13H,6,8-9,11-12H2,1H3. The minimum atomic E-state index is -3.36. The van der Waals surface area contributed by atoms with Crippen molar-refractivity contribution in [1.29, 1.82) is 0 Å². The summed E-state index contributed by atoms with van der Waals surface area (Å²) in [6, 6.07) is 9.99. The van der Waals surface area contributed by atoms with E-state index in [1.807, 2.05) is 40.9 Å². The van der Waals surface area contributed by atoms with Crippen LogP contribution in [0.2, 0.25) is 0 Å². The maximum Gasteiger partial charge on any atom is 0.264 e. The normalized spacial score (nSPS) is 18.4. The Morgan fingerprint density at radius 3 is 2.92 bits per heavy atom. The van der Waals surface area contributed by atoms with Crippen LogP contribution >= 0.6 is 0 Å². The van der Waals surface area contributed by atoms with E-state index in [0.717, 1.165) is 49.0 Å². The number of benzene rings is 1. The summed E-state index contributed by atoms with van der Waals surface area (Å²) in [5, 5.41) is 0. The molecule has 3 aromatic rings. The van der Waals surface area contributed by atoms with Crippen LogP contribution < -0.4 is 4.90 Å². The Labute approximate surface area is 146 Å². The van der Waals surface area contributed by atoms with Crippen molar-refractivity contribution in [3.63, 3.8) is 0 Å². The molecule has 132 valence electrons. The Morgan fingerprint density at radius 2 is 2.08 bits per heavy atom. The average Bonchev–Trinajstić information content (AvgIpc) is 3.17. The van der Waals surface area contributed by atoms with E-state index in [0.29, 0.717) is 11.7 Å². The van der Waals surface area contributed by atoms with Gasteiger partial charge in [0, 0.05) is 19.3 Å². The second kappa shape index (κ2) is 6.27. The molecule has 0 aliphatic carbocycles. The lowest BCUT2D eigenvalue weighted by Gasteiger charge is -2.17. The molecule has 7 nitrogen and oxygen atoms in total. The molecule has 0 radical (unpaired) electrons. The molecule has 1 atom stereocenters. The lowest BCUT2D eigenvalue weighted by molar-refractivity contribution is 0.290. The van der Waals surface area contributed by atoms with Crippen molar-refractivity contribution in [1.82, 2.24) is 14.4 Å². The number of para-hydroxylation sites is 2. The van der Waals surface area contributed by atoms with E-state index < -0.39 is 10.1 Å². The zero-order valence-corrected chi connectivity index (χ0v) is 14.8. The van der Waals surface area contributed by atoms with Crippen molar-refractivity contribution in [3.05, 3.63) is 36.5 Å². The van der Waals surface area contributed by atoms with Gasteiger partial charge in [-0.2, -0.15) is 13.4 Å². The Balaban J connectivity index is 1.48. The summed E-state index contributed by atoms with van der Waals surface area (Å²) in [6.45, 7) is 2.01. The lowest BCUT2D eigenvalue weighted by Crippen LogP contribution is -2.21. The number of hydrogen-bond donors (Lipinski definition) is 0. The minimum absolute atomic E-state index is 0.245. The molecule has 1 saturated heterocycles. The molecule has 4 rings (SSSR count). The largest absolute Gasteiger partial charge is 0.356 e. The predicted octanol–water partition coefficient (Wildman–Crippen LogP) is 2.08. The van der Waals surface area contributed by atoms with Gasteiger partial charge in [-0.3, -0.25) is 8.58 Å². The summed E-state index contributed by atoms with van der Waals surface area (Å²) in [4.78, 5) is 11.5. The summed E-state index contributed by atoms with van der Waals surface area (Å²) in [5.74, 6) is 2.02. The number of hydrogen-bond acceptors (Lipinski definition) is 6. The molecule has 1 aliphatic rings. The first-order chi connectivity index (χ1) is 12.0. The maximum absolute atomic E-state index is 11.0. The molecule has 1 aliphatic heterocycles. The molecule has 3 heterocycles. The van der Waals surface area contributed by atoms with Crippen molar-refractivity contribution < 1.29 is 12.6 Å². The van der Waals surface area contributed by atoms with Crippen LogP contribution in [0, 0.1) is 5.92 Å². The average molecular weight is 360 g/mol. The molecule has 1 fully saturated rings. The first kappa shape index (κ1) is 16.3. The van der Waals surface area contributed by atoms with E-state index in [-0.39, 0.29) is 6.61 Å².